The van der Waals surface area contributed by atoms with Crippen LogP contribution in [0.25, 0.3) is 0 Å². The zero-order valence-corrected chi connectivity index (χ0v) is 9.55. The number of nitrogens with zero attached hydrogens (tertiary/aromatic N) is 4. The summed E-state index contributed by atoms with van der Waals surface area (Å²) in [6.45, 7) is 0. The first-order chi connectivity index (χ1) is 6.93. The van der Waals surface area contributed by atoms with Gasteiger partial charge in [-0.05, 0) is 0 Å². The molecule has 0 rings (SSSR count). The van der Waals surface area contributed by atoms with Crippen molar-refractivity contribution in [3.63, 3.8) is 0 Å². The van der Waals surface area contributed by atoms with E-state index < -0.39 is 20.3 Å². The van der Waals surface area contributed by atoms with E-state index in [4.69, 9.17) is 61.3 Å². The van der Waals surface area contributed by atoms with Crippen LogP contribution in [0.4, 0.5) is 0 Å². The number of hydrogen-bond acceptors (Lipinski definition) is 12. The van der Waals surface area contributed by atoms with Crippen LogP contribution in [0.3, 0.4) is 0 Å². The Hall–Kier alpha value is -2.19. The number of rotatable bonds is 0. The van der Waals surface area contributed by atoms with Gasteiger partial charge in [0.25, 0.3) is 0 Å². The van der Waals surface area contributed by atoms with E-state index in [0.29, 0.717) is 0 Å². The maximum absolute atomic E-state index is 8.25. The van der Waals surface area contributed by atoms with Crippen molar-refractivity contribution in [3.05, 3.63) is 61.3 Å². The maximum Gasteiger partial charge on any atom is 2.00 e. The average Bonchev–Trinajstić information content (AvgIpc) is 1.76. The third kappa shape index (κ3) is 474. The van der Waals surface area contributed by atoms with E-state index in [9.17, 15) is 0 Å². The van der Waals surface area contributed by atoms with Gasteiger partial charge < -0.3 is 61.3 Å². The second kappa shape index (κ2) is 29.4. The van der Waals surface area contributed by atoms with E-state index in [-0.39, 0.29) is 33.6 Å². The Morgan fingerprint density at radius 2 is 0.444 bits per heavy atom. The molecule has 0 saturated carbocycles. The maximum atomic E-state index is 8.25. The van der Waals surface area contributed by atoms with Gasteiger partial charge in [0.05, 0.1) is 20.3 Å². The molecule has 109 valence electrons. The predicted octanol–water partition coefficient (Wildman–Crippen LogP) is -0.961. The van der Waals surface area contributed by atoms with Gasteiger partial charge in [0.15, 0.2) is 0 Å². The van der Waals surface area contributed by atoms with Gasteiger partial charge >= 0.3 is 33.6 Å². The van der Waals surface area contributed by atoms with Crippen LogP contribution in [0.2, 0.25) is 0 Å². The first kappa shape index (κ1) is 36.0. The summed E-state index contributed by atoms with van der Waals surface area (Å²) in [4.78, 5) is 33.0. The molecular formula is MnN4NiO12. The third-order valence-corrected chi connectivity index (χ3v) is 0. The van der Waals surface area contributed by atoms with Crippen molar-refractivity contribution in [2.24, 2.45) is 0 Å². The number of hydrogen-bond donors (Lipinski definition) is 0. The molecule has 0 fully saturated rings. The molecule has 0 aliphatic heterocycles. The molecule has 0 aromatic carbocycles. The average molecular weight is 362 g/mol. The summed E-state index contributed by atoms with van der Waals surface area (Å²) in [5.74, 6) is 0. The molecule has 0 N–H and O–H groups in total. The molecule has 0 unspecified atom stereocenters. The molecular weight excluding hydrogens is 362 g/mol. The molecule has 0 spiro atoms. The van der Waals surface area contributed by atoms with E-state index in [1.807, 2.05) is 0 Å². The van der Waals surface area contributed by atoms with Crippen LogP contribution in [-0.4, -0.2) is 20.3 Å². The third-order valence-electron chi connectivity index (χ3n) is 0. The quantitative estimate of drug-likeness (QED) is 0.286. The standard InChI is InChI=1S/Mn.4NO3.Ni/c;4*2-1(3)4;/q+2;4*-1;+2. The topological polar surface area (TPSA) is 265 Å². The van der Waals surface area contributed by atoms with Crippen molar-refractivity contribution in [3.8, 4) is 0 Å². The predicted molar refractivity (Wildman–Crippen MR) is 41.4 cm³/mol. The van der Waals surface area contributed by atoms with Crippen molar-refractivity contribution >= 4 is 0 Å². The van der Waals surface area contributed by atoms with Gasteiger partial charge in [0, 0.05) is 0 Å². The van der Waals surface area contributed by atoms with Crippen molar-refractivity contribution in [2.45, 2.75) is 0 Å². The summed E-state index contributed by atoms with van der Waals surface area (Å²) < 4.78 is 0. The molecule has 0 aliphatic rings. The molecule has 1 radical (unpaired) electrons. The first-order valence-corrected chi connectivity index (χ1v) is 2.19. The molecule has 0 aromatic heterocycles. The van der Waals surface area contributed by atoms with Gasteiger partial charge in [0.2, 0.25) is 0 Å². The molecule has 0 heterocycles. The Morgan fingerprint density at radius 1 is 0.444 bits per heavy atom. The summed E-state index contributed by atoms with van der Waals surface area (Å²) in [6, 6.07) is 0. The monoisotopic (exact) mass is 361 g/mol. The van der Waals surface area contributed by atoms with Gasteiger partial charge in [-0.3, -0.25) is 0 Å². The van der Waals surface area contributed by atoms with Crippen molar-refractivity contribution in [1.29, 1.82) is 0 Å². The molecule has 18 heavy (non-hydrogen) atoms. The van der Waals surface area contributed by atoms with Gasteiger partial charge in [-0.2, -0.15) is 0 Å². The normalized spacial score (nSPS) is 5.33. The van der Waals surface area contributed by atoms with Gasteiger partial charge in [-0.1, -0.05) is 0 Å². The minimum Gasteiger partial charge on any atom is -0.356 e. The van der Waals surface area contributed by atoms with Crippen LogP contribution in [-0.2, 0) is 33.6 Å². The SMILES string of the molecule is O=[N+]([O-])[O-].O=[N+]([O-])[O-].O=[N+]([O-])[O-].O=[N+]([O-])[O-].[Mn+2].[Ni+2]. The second-order valence-corrected chi connectivity index (χ2v) is 0.894. The van der Waals surface area contributed by atoms with Gasteiger partial charge in [0.1, 0.15) is 0 Å². The van der Waals surface area contributed by atoms with Gasteiger partial charge in [-0.25, -0.2) is 0 Å². The summed E-state index contributed by atoms with van der Waals surface area (Å²) in [5, 5.41) is 59.0. The Morgan fingerprint density at radius 3 is 0.444 bits per heavy atom. The van der Waals surface area contributed by atoms with Crippen molar-refractivity contribution in [2.75, 3.05) is 0 Å². The van der Waals surface area contributed by atoms with Crippen molar-refractivity contribution < 1.29 is 53.9 Å². The minimum atomic E-state index is -1.75. The molecule has 0 amide bonds. The molecule has 0 atom stereocenters. The fourth-order valence-electron chi connectivity index (χ4n) is 0. The Bertz CT molecular complexity index is 164. The summed E-state index contributed by atoms with van der Waals surface area (Å²) in [6.07, 6.45) is 0. The second-order valence-electron chi connectivity index (χ2n) is 0.894. The minimum absolute atomic E-state index is 0. The van der Waals surface area contributed by atoms with E-state index in [1.165, 1.54) is 0 Å². The van der Waals surface area contributed by atoms with Crippen LogP contribution < -0.4 is 0 Å². The van der Waals surface area contributed by atoms with Crippen LogP contribution >= 0.6 is 0 Å². The van der Waals surface area contributed by atoms with Crippen LogP contribution in [0.15, 0.2) is 0 Å². The van der Waals surface area contributed by atoms with E-state index >= 15 is 0 Å². The summed E-state index contributed by atoms with van der Waals surface area (Å²) in [7, 11) is 0. The van der Waals surface area contributed by atoms with Crippen molar-refractivity contribution in [1.82, 2.24) is 0 Å². The molecule has 0 aliphatic carbocycles. The Labute approximate surface area is 116 Å². The largest absolute Gasteiger partial charge is 2.00 e. The zero-order chi connectivity index (χ0) is 14.3. The summed E-state index contributed by atoms with van der Waals surface area (Å²) >= 11 is 0. The van der Waals surface area contributed by atoms with Crippen LogP contribution in [0, 0.1) is 61.3 Å². The summed E-state index contributed by atoms with van der Waals surface area (Å²) in [5.41, 5.74) is 0. The fourth-order valence-corrected chi connectivity index (χ4v) is 0. The first-order valence-electron chi connectivity index (χ1n) is 2.19. The molecule has 0 aromatic rings. The Balaban J connectivity index is -0.0000000257. The van der Waals surface area contributed by atoms with Gasteiger partial charge in [-0.15, -0.1) is 0 Å². The molecule has 16 nitrogen and oxygen atoms in total. The smallest absolute Gasteiger partial charge is 0.356 e. The zero-order valence-electron chi connectivity index (χ0n) is 7.38. The van der Waals surface area contributed by atoms with E-state index in [2.05, 4.69) is 0 Å². The van der Waals surface area contributed by atoms with Crippen LogP contribution in [0.1, 0.15) is 0 Å². The van der Waals surface area contributed by atoms with Crippen LogP contribution in [0.5, 0.6) is 0 Å². The molecule has 0 saturated heterocycles. The van der Waals surface area contributed by atoms with E-state index in [1.54, 1.807) is 0 Å². The fraction of sp³-hybridized carbons (Fsp3) is 0. The molecule has 0 bridgehead atoms. The Kier molecular flexibility index (Phi) is 58.8. The molecule has 18 heteroatoms. The van der Waals surface area contributed by atoms with E-state index in [0.717, 1.165) is 0 Å².